The number of rotatable bonds is 9. The van der Waals surface area contributed by atoms with Crippen LogP contribution in [0.1, 0.15) is 46.9 Å². The lowest BCUT2D eigenvalue weighted by Crippen LogP contribution is -2.25. The van der Waals surface area contributed by atoms with Gasteiger partial charge in [0.15, 0.2) is 17.2 Å². The summed E-state index contributed by atoms with van der Waals surface area (Å²) in [6.07, 6.45) is -2.45. The van der Waals surface area contributed by atoms with E-state index in [1.807, 2.05) is 0 Å². The zero-order chi connectivity index (χ0) is 21.9. The van der Waals surface area contributed by atoms with Gasteiger partial charge >= 0.3 is 12.8 Å². The van der Waals surface area contributed by atoms with E-state index >= 15 is 0 Å². The average molecular weight is 433 g/mol. The third kappa shape index (κ3) is 5.39. The van der Waals surface area contributed by atoms with Crippen LogP contribution in [0.25, 0.3) is 0 Å². The van der Waals surface area contributed by atoms with Gasteiger partial charge in [0, 0.05) is 30.3 Å². The van der Waals surface area contributed by atoms with Crippen LogP contribution in [0.5, 0.6) is 11.5 Å². The van der Waals surface area contributed by atoms with Crippen molar-refractivity contribution in [3.8, 4) is 11.5 Å². The molecule has 1 N–H and O–H groups in total. The van der Waals surface area contributed by atoms with Gasteiger partial charge in [0.2, 0.25) is 0 Å². The van der Waals surface area contributed by atoms with Crippen LogP contribution in [0.2, 0.25) is 0 Å². The number of carbonyl (C=O) groups is 1. The highest BCUT2D eigenvalue weighted by Crippen LogP contribution is 2.42. The van der Waals surface area contributed by atoms with Crippen LogP contribution in [-0.2, 0) is 12.7 Å². The lowest BCUT2D eigenvalue weighted by atomic mass is 10.2. The first-order valence-electron chi connectivity index (χ1n) is 9.25. The van der Waals surface area contributed by atoms with Crippen molar-refractivity contribution in [2.45, 2.75) is 44.5 Å². The SMILES string of the molecule is COc1cc(C(=O)NCCCn2nc(C(F)(F)F)cc2C2CC2)ccc1OC(F)F. The second-order valence-electron chi connectivity index (χ2n) is 6.80. The number of alkyl halides is 5. The van der Waals surface area contributed by atoms with E-state index in [0.29, 0.717) is 12.1 Å². The molecule has 0 bridgehead atoms. The minimum absolute atomic E-state index is 0.0201. The topological polar surface area (TPSA) is 65.4 Å². The van der Waals surface area contributed by atoms with Crippen molar-refractivity contribution < 1.29 is 36.2 Å². The van der Waals surface area contributed by atoms with E-state index in [0.717, 1.165) is 18.9 Å². The van der Waals surface area contributed by atoms with Gasteiger partial charge in [0.1, 0.15) is 0 Å². The first kappa shape index (κ1) is 21.8. The summed E-state index contributed by atoms with van der Waals surface area (Å²) in [6, 6.07) is 4.86. The third-order valence-electron chi connectivity index (χ3n) is 4.57. The van der Waals surface area contributed by atoms with Crippen LogP contribution in [0.4, 0.5) is 22.0 Å². The van der Waals surface area contributed by atoms with Crippen LogP contribution in [0.3, 0.4) is 0 Å². The van der Waals surface area contributed by atoms with Crippen LogP contribution in [0.15, 0.2) is 24.3 Å². The molecule has 0 saturated heterocycles. The Morgan fingerprint density at radius 1 is 1.27 bits per heavy atom. The molecule has 0 atom stereocenters. The standard InChI is InChI=1S/C19H20F5N3O3/c1-29-15-9-12(5-6-14(15)30-18(20)21)17(28)25-7-2-8-27-13(11-3-4-11)10-16(26-27)19(22,23)24/h5-6,9-11,18H,2-4,7-8H2,1H3,(H,25,28). The molecular formula is C19H20F5N3O3. The van der Waals surface area contributed by atoms with Gasteiger partial charge in [-0.25, -0.2) is 0 Å². The van der Waals surface area contributed by atoms with Crippen molar-refractivity contribution in [3.63, 3.8) is 0 Å². The number of nitrogens with one attached hydrogen (secondary N) is 1. The molecule has 164 valence electrons. The third-order valence-corrected chi connectivity index (χ3v) is 4.57. The normalized spacial score (nSPS) is 14.1. The second kappa shape index (κ2) is 8.88. The Hall–Kier alpha value is -2.85. The summed E-state index contributed by atoms with van der Waals surface area (Å²) in [4.78, 5) is 12.3. The minimum atomic E-state index is -4.50. The summed E-state index contributed by atoms with van der Waals surface area (Å²) in [5, 5.41) is 6.30. The maximum atomic E-state index is 12.9. The lowest BCUT2D eigenvalue weighted by Gasteiger charge is -2.12. The summed E-state index contributed by atoms with van der Waals surface area (Å²) in [5.74, 6) is -0.593. The molecule has 1 aliphatic rings. The summed E-state index contributed by atoms with van der Waals surface area (Å²) in [7, 11) is 1.26. The fraction of sp³-hybridized carbons (Fsp3) is 0.474. The first-order valence-corrected chi connectivity index (χ1v) is 9.25. The van der Waals surface area contributed by atoms with Crippen molar-refractivity contribution >= 4 is 5.91 Å². The molecule has 0 aliphatic heterocycles. The van der Waals surface area contributed by atoms with Gasteiger partial charge in [-0.15, -0.1) is 0 Å². The largest absolute Gasteiger partial charge is 0.493 e. The maximum Gasteiger partial charge on any atom is 0.435 e. The Morgan fingerprint density at radius 3 is 2.60 bits per heavy atom. The van der Waals surface area contributed by atoms with Crippen molar-refractivity contribution in [1.82, 2.24) is 15.1 Å². The molecule has 1 heterocycles. The molecule has 0 spiro atoms. The van der Waals surface area contributed by atoms with Gasteiger partial charge in [0.25, 0.3) is 5.91 Å². The molecule has 1 aromatic heterocycles. The zero-order valence-electron chi connectivity index (χ0n) is 16.0. The molecule has 1 aromatic carbocycles. The molecular weight excluding hydrogens is 413 g/mol. The van der Waals surface area contributed by atoms with E-state index < -0.39 is 24.4 Å². The predicted octanol–water partition coefficient (Wildman–Crippen LogP) is 4.21. The molecule has 2 aromatic rings. The molecule has 30 heavy (non-hydrogen) atoms. The number of carbonyl (C=O) groups excluding carboxylic acids is 1. The van der Waals surface area contributed by atoms with Crippen molar-refractivity contribution in [1.29, 1.82) is 0 Å². The molecule has 1 amide bonds. The Morgan fingerprint density at radius 2 is 2.00 bits per heavy atom. The summed E-state index contributed by atoms with van der Waals surface area (Å²) in [5.41, 5.74) is -0.176. The molecule has 3 rings (SSSR count). The zero-order valence-corrected chi connectivity index (χ0v) is 16.0. The fourth-order valence-electron chi connectivity index (χ4n) is 2.99. The Labute approximate surface area is 169 Å². The first-order chi connectivity index (χ1) is 14.2. The number of benzene rings is 1. The Balaban J connectivity index is 1.56. The van der Waals surface area contributed by atoms with E-state index in [1.54, 1.807) is 0 Å². The second-order valence-corrected chi connectivity index (χ2v) is 6.80. The minimum Gasteiger partial charge on any atom is -0.493 e. The van der Waals surface area contributed by atoms with Crippen molar-refractivity contribution in [2.75, 3.05) is 13.7 Å². The Kier molecular flexibility index (Phi) is 6.47. The van der Waals surface area contributed by atoms with Gasteiger partial charge < -0.3 is 14.8 Å². The van der Waals surface area contributed by atoms with Gasteiger partial charge in [-0.2, -0.15) is 27.1 Å². The summed E-state index contributed by atoms with van der Waals surface area (Å²) >= 11 is 0. The maximum absolute atomic E-state index is 12.9. The molecule has 0 radical (unpaired) electrons. The number of methoxy groups -OCH3 is 1. The van der Waals surface area contributed by atoms with Gasteiger partial charge in [-0.05, 0) is 43.5 Å². The monoisotopic (exact) mass is 433 g/mol. The van der Waals surface area contributed by atoms with E-state index in [2.05, 4.69) is 15.2 Å². The molecule has 1 saturated carbocycles. The average Bonchev–Trinajstić information content (AvgIpc) is 3.43. The van der Waals surface area contributed by atoms with Crippen molar-refractivity contribution in [2.24, 2.45) is 0 Å². The van der Waals surface area contributed by atoms with Gasteiger partial charge in [-0.1, -0.05) is 0 Å². The number of halogens is 5. The number of hydrogen-bond donors (Lipinski definition) is 1. The van der Waals surface area contributed by atoms with E-state index in [-0.39, 0.29) is 36.1 Å². The number of aryl methyl sites for hydroxylation is 1. The van der Waals surface area contributed by atoms with E-state index in [4.69, 9.17) is 4.74 Å². The number of aromatic nitrogens is 2. The van der Waals surface area contributed by atoms with Crippen molar-refractivity contribution in [3.05, 3.63) is 41.2 Å². The molecule has 1 fully saturated rings. The van der Waals surface area contributed by atoms with Crippen LogP contribution < -0.4 is 14.8 Å². The highest BCUT2D eigenvalue weighted by molar-refractivity contribution is 5.94. The quantitative estimate of drug-likeness (QED) is 0.475. The van der Waals surface area contributed by atoms with Crippen LogP contribution in [0, 0.1) is 0 Å². The number of ether oxygens (including phenoxy) is 2. The summed E-state index contributed by atoms with van der Waals surface area (Å²) < 4.78 is 74.1. The van der Waals surface area contributed by atoms with E-state index in [1.165, 1.54) is 30.0 Å². The highest BCUT2D eigenvalue weighted by Gasteiger charge is 2.37. The van der Waals surface area contributed by atoms with Crippen LogP contribution >= 0.6 is 0 Å². The predicted molar refractivity (Wildman–Crippen MR) is 95.8 cm³/mol. The molecule has 1 aliphatic carbocycles. The highest BCUT2D eigenvalue weighted by atomic mass is 19.4. The smallest absolute Gasteiger partial charge is 0.435 e. The summed E-state index contributed by atoms with van der Waals surface area (Å²) in [6.45, 7) is -2.60. The molecule has 0 unspecified atom stereocenters. The number of nitrogens with zero attached hydrogens (tertiary/aromatic N) is 2. The number of amides is 1. The van der Waals surface area contributed by atoms with Crippen LogP contribution in [-0.4, -0.2) is 36.0 Å². The lowest BCUT2D eigenvalue weighted by molar-refractivity contribution is -0.141. The van der Waals surface area contributed by atoms with E-state index in [9.17, 15) is 26.7 Å². The molecule has 6 nitrogen and oxygen atoms in total. The van der Waals surface area contributed by atoms with Gasteiger partial charge in [-0.3, -0.25) is 9.48 Å². The fourth-order valence-corrected chi connectivity index (χ4v) is 2.99. The number of hydrogen-bond acceptors (Lipinski definition) is 4. The molecule has 11 heteroatoms. The van der Waals surface area contributed by atoms with Gasteiger partial charge in [0.05, 0.1) is 7.11 Å². The Bertz CT molecular complexity index is 894.